The fraction of sp³-hybridized carbons (Fsp3) is 0.800. The predicted molar refractivity (Wildman–Crippen MR) is 78.2 cm³/mol. The lowest BCUT2D eigenvalue weighted by molar-refractivity contribution is 0.101. The van der Waals surface area contributed by atoms with Crippen molar-refractivity contribution in [3.63, 3.8) is 0 Å². The minimum absolute atomic E-state index is 0.0559. The van der Waals surface area contributed by atoms with Crippen molar-refractivity contribution in [3.05, 3.63) is 12.7 Å². The molecule has 2 rings (SSSR count). The molecular weight excluding hydrogens is 238 g/mol. The van der Waals surface area contributed by atoms with Crippen molar-refractivity contribution < 1.29 is 4.79 Å². The quantitative estimate of drug-likeness (QED) is 0.627. The van der Waals surface area contributed by atoms with Crippen molar-refractivity contribution in [2.75, 3.05) is 32.7 Å². The van der Waals surface area contributed by atoms with Crippen molar-refractivity contribution >= 4 is 6.03 Å². The van der Waals surface area contributed by atoms with Gasteiger partial charge in [0.05, 0.1) is 0 Å². The fourth-order valence-corrected chi connectivity index (χ4v) is 3.18. The van der Waals surface area contributed by atoms with E-state index in [4.69, 9.17) is 0 Å². The highest BCUT2D eigenvalue weighted by molar-refractivity contribution is 5.74. The van der Waals surface area contributed by atoms with Gasteiger partial charge in [-0.25, -0.2) is 4.79 Å². The maximum atomic E-state index is 11.8. The third-order valence-corrected chi connectivity index (χ3v) is 4.34. The Kier molecular flexibility index (Phi) is 5.70. The number of urea groups is 1. The molecule has 4 heteroatoms. The van der Waals surface area contributed by atoms with Crippen LogP contribution in [0.2, 0.25) is 0 Å². The Hall–Kier alpha value is -1.03. The van der Waals surface area contributed by atoms with E-state index in [1.54, 1.807) is 6.08 Å². The Bertz CT molecular complexity index is 290. The number of rotatable bonds is 3. The smallest absolute Gasteiger partial charge is 0.317 e. The minimum atomic E-state index is 0.0559. The van der Waals surface area contributed by atoms with Gasteiger partial charge in [-0.15, -0.1) is 6.58 Å². The first-order valence-electron chi connectivity index (χ1n) is 7.69. The van der Waals surface area contributed by atoms with Crippen LogP contribution in [0.3, 0.4) is 0 Å². The Balaban J connectivity index is 1.74. The summed E-state index contributed by atoms with van der Waals surface area (Å²) in [6, 6.07) is 0.821. The molecule has 2 fully saturated rings. The number of carbonyl (C=O) groups is 1. The third-order valence-electron chi connectivity index (χ3n) is 4.34. The average molecular weight is 265 g/mol. The largest absolute Gasteiger partial charge is 0.335 e. The molecule has 0 aromatic heterocycles. The molecule has 1 saturated heterocycles. The molecule has 1 aliphatic heterocycles. The van der Waals surface area contributed by atoms with E-state index < -0.39 is 0 Å². The van der Waals surface area contributed by atoms with Gasteiger partial charge in [0.25, 0.3) is 0 Å². The first-order chi connectivity index (χ1) is 9.31. The van der Waals surface area contributed by atoms with Crippen LogP contribution in [0, 0.1) is 0 Å². The second kappa shape index (κ2) is 7.53. The molecule has 0 radical (unpaired) electrons. The number of piperazine rings is 1. The second-order valence-corrected chi connectivity index (χ2v) is 5.64. The summed E-state index contributed by atoms with van der Waals surface area (Å²) in [5.74, 6) is 0. The zero-order valence-electron chi connectivity index (χ0n) is 11.9. The predicted octanol–water partition coefficient (Wildman–Crippen LogP) is 2.22. The molecule has 0 bridgehead atoms. The van der Waals surface area contributed by atoms with Crippen LogP contribution in [0.1, 0.15) is 38.5 Å². The summed E-state index contributed by atoms with van der Waals surface area (Å²) in [6.45, 7) is 7.96. The fourth-order valence-electron chi connectivity index (χ4n) is 3.18. The van der Waals surface area contributed by atoms with Gasteiger partial charge >= 0.3 is 6.03 Å². The molecule has 2 aliphatic rings. The van der Waals surface area contributed by atoms with E-state index in [-0.39, 0.29) is 6.03 Å². The number of hydrogen-bond acceptors (Lipinski definition) is 2. The molecule has 0 unspecified atom stereocenters. The molecule has 19 heavy (non-hydrogen) atoms. The lowest BCUT2D eigenvalue weighted by Crippen LogP contribution is -2.54. The van der Waals surface area contributed by atoms with E-state index in [1.807, 2.05) is 4.90 Å². The van der Waals surface area contributed by atoms with Gasteiger partial charge < -0.3 is 10.2 Å². The summed E-state index contributed by atoms with van der Waals surface area (Å²) in [6.07, 6.45) is 9.99. The Morgan fingerprint density at radius 1 is 1.11 bits per heavy atom. The van der Waals surface area contributed by atoms with Crippen molar-refractivity contribution in [3.8, 4) is 0 Å². The number of hydrogen-bond donors (Lipinski definition) is 1. The molecule has 0 aromatic rings. The Morgan fingerprint density at radius 3 is 2.32 bits per heavy atom. The van der Waals surface area contributed by atoms with Crippen molar-refractivity contribution in [2.45, 2.75) is 44.6 Å². The van der Waals surface area contributed by atoms with Crippen molar-refractivity contribution in [1.82, 2.24) is 15.1 Å². The number of nitrogens with one attached hydrogen (secondary N) is 1. The standard InChI is InChI=1S/C15H27N3O/c1-2-9-16-15(19)18-12-10-17(11-13-18)14-7-5-3-4-6-8-14/h2,14H,1,3-13H2,(H,16,19). The Morgan fingerprint density at radius 2 is 1.74 bits per heavy atom. The van der Waals surface area contributed by atoms with Crippen LogP contribution in [0.5, 0.6) is 0 Å². The summed E-state index contributed by atoms with van der Waals surface area (Å²) >= 11 is 0. The van der Waals surface area contributed by atoms with E-state index in [2.05, 4.69) is 16.8 Å². The highest BCUT2D eigenvalue weighted by Gasteiger charge is 2.26. The molecule has 1 heterocycles. The van der Waals surface area contributed by atoms with Gasteiger partial charge in [0, 0.05) is 38.8 Å². The average Bonchev–Trinajstić information content (AvgIpc) is 2.74. The highest BCUT2D eigenvalue weighted by atomic mass is 16.2. The molecule has 0 spiro atoms. The number of amides is 2. The van der Waals surface area contributed by atoms with E-state index in [0.717, 1.165) is 32.2 Å². The first kappa shape index (κ1) is 14.4. The normalized spacial score (nSPS) is 22.8. The van der Waals surface area contributed by atoms with Gasteiger partial charge in [-0.1, -0.05) is 31.8 Å². The van der Waals surface area contributed by atoms with Gasteiger partial charge in [-0.3, -0.25) is 4.90 Å². The van der Waals surface area contributed by atoms with Crippen molar-refractivity contribution in [1.29, 1.82) is 0 Å². The minimum Gasteiger partial charge on any atom is -0.335 e. The maximum absolute atomic E-state index is 11.8. The zero-order chi connectivity index (χ0) is 13.5. The monoisotopic (exact) mass is 265 g/mol. The molecule has 1 aliphatic carbocycles. The van der Waals surface area contributed by atoms with Crippen LogP contribution in [-0.2, 0) is 0 Å². The molecule has 4 nitrogen and oxygen atoms in total. The van der Waals surface area contributed by atoms with Crippen LogP contribution >= 0.6 is 0 Å². The lowest BCUT2D eigenvalue weighted by atomic mass is 10.1. The van der Waals surface area contributed by atoms with Crippen LogP contribution < -0.4 is 5.32 Å². The molecule has 0 aromatic carbocycles. The lowest BCUT2D eigenvalue weighted by Gasteiger charge is -2.39. The van der Waals surface area contributed by atoms with Gasteiger partial charge in [0.2, 0.25) is 0 Å². The third kappa shape index (κ3) is 4.23. The van der Waals surface area contributed by atoms with Gasteiger partial charge in [-0.05, 0) is 12.8 Å². The molecule has 108 valence electrons. The summed E-state index contributed by atoms with van der Waals surface area (Å²) in [5, 5.41) is 2.86. The summed E-state index contributed by atoms with van der Waals surface area (Å²) in [4.78, 5) is 16.4. The van der Waals surface area contributed by atoms with E-state index in [9.17, 15) is 4.79 Å². The van der Waals surface area contributed by atoms with Crippen molar-refractivity contribution in [2.24, 2.45) is 0 Å². The molecule has 1 saturated carbocycles. The topological polar surface area (TPSA) is 35.6 Å². The molecule has 0 atom stereocenters. The Labute approximate surface area is 116 Å². The second-order valence-electron chi connectivity index (χ2n) is 5.64. The molecule has 2 amide bonds. The van der Waals surface area contributed by atoms with E-state index in [1.165, 1.54) is 38.5 Å². The number of nitrogens with zero attached hydrogens (tertiary/aromatic N) is 2. The first-order valence-corrected chi connectivity index (χ1v) is 7.69. The summed E-state index contributed by atoms with van der Waals surface area (Å²) in [7, 11) is 0. The van der Waals surface area contributed by atoms with Crippen LogP contribution in [0.25, 0.3) is 0 Å². The van der Waals surface area contributed by atoms with E-state index >= 15 is 0 Å². The van der Waals surface area contributed by atoms with E-state index in [0.29, 0.717) is 6.54 Å². The maximum Gasteiger partial charge on any atom is 0.317 e. The zero-order valence-corrected chi connectivity index (χ0v) is 11.9. The number of carbonyl (C=O) groups excluding carboxylic acids is 1. The highest BCUT2D eigenvalue weighted by Crippen LogP contribution is 2.22. The van der Waals surface area contributed by atoms with Gasteiger partial charge in [0.1, 0.15) is 0 Å². The molecule has 1 N–H and O–H groups in total. The van der Waals surface area contributed by atoms with Crippen LogP contribution in [0.15, 0.2) is 12.7 Å². The molecular formula is C15H27N3O. The van der Waals surface area contributed by atoms with Crippen LogP contribution in [-0.4, -0.2) is 54.6 Å². The SMILES string of the molecule is C=CCNC(=O)N1CCN(C2CCCCCC2)CC1. The van der Waals surface area contributed by atoms with Gasteiger partial charge in [-0.2, -0.15) is 0 Å². The van der Waals surface area contributed by atoms with Gasteiger partial charge in [0.15, 0.2) is 0 Å². The summed E-state index contributed by atoms with van der Waals surface area (Å²) in [5.41, 5.74) is 0. The summed E-state index contributed by atoms with van der Waals surface area (Å²) < 4.78 is 0. The van der Waals surface area contributed by atoms with Crippen LogP contribution in [0.4, 0.5) is 4.79 Å².